The Labute approximate surface area is 210 Å². The molecule has 0 bridgehead atoms. The van der Waals surface area contributed by atoms with Gasteiger partial charge in [0.2, 0.25) is 0 Å². The van der Waals surface area contributed by atoms with Crippen LogP contribution in [-0.4, -0.2) is 41.0 Å². The number of rotatable bonds is 5. The van der Waals surface area contributed by atoms with Crippen molar-refractivity contribution in [3.05, 3.63) is 77.1 Å². The van der Waals surface area contributed by atoms with Gasteiger partial charge in [-0.05, 0) is 81.0 Å². The molecule has 6 nitrogen and oxygen atoms in total. The summed E-state index contributed by atoms with van der Waals surface area (Å²) < 4.78 is 11.4. The SMILES string of the molecule is CC(C)(C)OC(=O)N1CCC(c2cncc(-c3ccc(Oc4cc(Cl)ccc4C=O)cc3)c2)CC1. The zero-order valence-electron chi connectivity index (χ0n) is 20.2. The lowest BCUT2D eigenvalue weighted by atomic mass is 9.89. The fourth-order valence-corrected chi connectivity index (χ4v) is 4.26. The Morgan fingerprint density at radius 3 is 2.40 bits per heavy atom. The third-order valence-electron chi connectivity index (χ3n) is 5.90. The van der Waals surface area contributed by atoms with E-state index in [1.807, 2.05) is 57.4 Å². The van der Waals surface area contributed by atoms with Crippen molar-refractivity contribution < 1.29 is 19.1 Å². The van der Waals surface area contributed by atoms with Crippen molar-refractivity contribution in [1.29, 1.82) is 0 Å². The molecule has 1 saturated heterocycles. The van der Waals surface area contributed by atoms with Crippen LogP contribution in [0.15, 0.2) is 60.9 Å². The second-order valence-corrected chi connectivity index (χ2v) is 10.1. The minimum absolute atomic E-state index is 0.247. The van der Waals surface area contributed by atoms with Crippen LogP contribution >= 0.6 is 11.6 Å². The van der Waals surface area contributed by atoms with Crippen LogP contribution in [0.5, 0.6) is 11.5 Å². The molecule has 7 heteroatoms. The van der Waals surface area contributed by atoms with Crippen LogP contribution in [-0.2, 0) is 4.74 Å². The van der Waals surface area contributed by atoms with Crippen molar-refractivity contribution in [2.24, 2.45) is 0 Å². The van der Waals surface area contributed by atoms with Gasteiger partial charge >= 0.3 is 6.09 Å². The number of aromatic nitrogens is 1. The van der Waals surface area contributed by atoms with Gasteiger partial charge in [0.15, 0.2) is 6.29 Å². The van der Waals surface area contributed by atoms with E-state index in [0.717, 1.165) is 30.3 Å². The molecule has 0 radical (unpaired) electrons. The largest absolute Gasteiger partial charge is 0.457 e. The molecule has 182 valence electrons. The maximum Gasteiger partial charge on any atom is 0.410 e. The van der Waals surface area contributed by atoms with Gasteiger partial charge in [-0.15, -0.1) is 0 Å². The first kappa shape index (κ1) is 24.7. The summed E-state index contributed by atoms with van der Waals surface area (Å²) in [4.78, 5) is 29.9. The highest BCUT2D eigenvalue weighted by atomic mass is 35.5. The average molecular weight is 493 g/mol. The first-order valence-corrected chi connectivity index (χ1v) is 12.1. The molecule has 1 fully saturated rings. The van der Waals surface area contributed by atoms with E-state index < -0.39 is 5.60 Å². The first-order valence-electron chi connectivity index (χ1n) is 11.7. The lowest BCUT2D eigenvalue weighted by Gasteiger charge is -2.33. The fraction of sp³-hybridized carbons (Fsp3) is 0.321. The topological polar surface area (TPSA) is 68.7 Å². The number of carbonyl (C=O) groups is 2. The second-order valence-electron chi connectivity index (χ2n) is 9.68. The number of nitrogens with zero attached hydrogens (tertiary/aromatic N) is 2. The van der Waals surface area contributed by atoms with Crippen molar-refractivity contribution in [3.63, 3.8) is 0 Å². The van der Waals surface area contributed by atoms with Crippen molar-refractivity contribution >= 4 is 24.0 Å². The minimum Gasteiger partial charge on any atom is -0.457 e. The molecule has 4 rings (SSSR count). The number of likely N-dealkylation sites (tertiary alicyclic amines) is 1. The Morgan fingerprint density at radius 2 is 1.74 bits per heavy atom. The van der Waals surface area contributed by atoms with Crippen LogP contribution in [0.25, 0.3) is 11.1 Å². The molecule has 1 aliphatic heterocycles. The molecule has 3 aromatic rings. The molecule has 1 amide bonds. The molecule has 0 N–H and O–H groups in total. The van der Waals surface area contributed by atoms with Crippen LogP contribution in [0, 0.1) is 0 Å². The third-order valence-corrected chi connectivity index (χ3v) is 6.13. The van der Waals surface area contributed by atoms with Crippen LogP contribution in [0.3, 0.4) is 0 Å². The summed E-state index contributed by atoms with van der Waals surface area (Å²) in [6.07, 6.45) is 6.00. The lowest BCUT2D eigenvalue weighted by molar-refractivity contribution is 0.0204. The van der Waals surface area contributed by atoms with Crippen LogP contribution in [0.4, 0.5) is 4.79 Å². The minimum atomic E-state index is -0.488. The van der Waals surface area contributed by atoms with E-state index in [0.29, 0.717) is 41.1 Å². The number of benzene rings is 2. The molecule has 1 aliphatic rings. The summed E-state index contributed by atoms with van der Waals surface area (Å²) in [6, 6.07) is 14.7. The number of carbonyl (C=O) groups excluding carboxylic acids is 2. The zero-order chi connectivity index (χ0) is 25.0. The second kappa shape index (κ2) is 10.5. The Hall–Kier alpha value is -3.38. The predicted molar refractivity (Wildman–Crippen MR) is 136 cm³/mol. The summed E-state index contributed by atoms with van der Waals surface area (Å²) in [5, 5.41) is 0.502. The van der Waals surface area contributed by atoms with Crippen LogP contribution in [0.1, 0.15) is 55.5 Å². The Morgan fingerprint density at radius 1 is 1.03 bits per heavy atom. The number of ether oxygens (including phenoxy) is 2. The van der Waals surface area contributed by atoms with Gasteiger partial charge in [0.05, 0.1) is 5.56 Å². The maximum atomic E-state index is 12.3. The molecule has 0 saturated carbocycles. The number of hydrogen-bond acceptors (Lipinski definition) is 5. The number of piperidine rings is 1. The van der Waals surface area contributed by atoms with E-state index in [4.69, 9.17) is 21.1 Å². The Bertz CT molecular complexity index is 1200. The number of pyridine rings is 1. The van der Waals surface area contributed by atoms with Gasteiger partial charge in [-0.1, -0.05) is 23.7 Å². The molecule has 35 heavy (non-hydrogen) atoms. The third kappa shape index (κ3) is 6.40. The highest BCUT2D eigenvalue weighted by molar-refractivity contribution is 6.30. The molecule has 0 spiro atoms. The predicted octanol–water partition coefficient (Wildman–Crippen LogP) is 7.12. The van der Waals surface area contributed by atoms with Crippen molar-refractivity contribution in [1.82, 2.24) is 9.88 Å². The summed E-state index contributed by atoms with van der Waals surface area (Å²) in [7, 11) is 0. The van der Waals surface area contributed by atoms with Crippen LogP contribution in [0.2, 0.25) is 5.02 Å². The smallest absolute Gasteiger partial charge is 0.410 e. The molecule has 2 aromatic carbocycles. The van der Waals surface area contributed by atoms with Gasteiger partial charge in [0, 0.05) is 42.1 Å². The van der Waals surface area contributed by atoms with Gasteiger partial charge in [0.1, 0.15) is 17.1 Å². The zero-order valence-corrected chi connectivity index (χ0v) is 20.9. The molecule has 2 heterocycles. The first-order chi connectivity index (χ1) is 16.7. The van der Waals surface area contributed by atoms with Gasteiger partial charge in [-0.3, -0.25) is 9.78 Å². The number of amides is 1. The standard InChI is InChI=1S/C28H29ClN2O4/c1-28(2,3)35-27(33)31-12-10-20(11-13-31)23-14-22(16-30-17-23)19-5-8-25(9-6-19)34-26-15-24(29)7-4-21(26)18-32/h4-9,14-18,20H,10-13H2,1-3H3. The molecule has 0 atom stereocenters. The van der Waals surface area contributed by atoms with E-state index >= 15 is 0 Å². The van der Waals surface area contributed by atoms with Gasteiger partial charge in [-0.25, -0.2) is 4.79 Å². The molecule has 1 aromatic heterocycles. The van der Waals surface area contributed by atoms with Gasteiger partial charge < -0.3 is 14.4 Å². The highest BCUT2D eigenvalue weighted by Gasteiger charge is 2.27. The number of halogens is 1. The van der Waals surface area contributed by atoms with Gasteiger partial charge in [0.25, 0.3) is 0 Å². The van der Waals surface area contributed by atoms with E-state index in [9.17, 15) is 9.59 Å². The van der Waals surface area contributed by atoms with Gasteiger partial charge in [-0.2, -0.15) is 0 Å². The van der Waals surface area contributed by atoms with Crippen molar-refractivity contribution in [2.45, 2.75) is 45.1 Å². The Kier molecular flexibility index (Phi) is 7.41. The number of hydrogen-bond donors (Lipinski definition) is 0. The average Bonchev–Trinajstić information content (AvgIpc) is 2.84. The van der Waals surface area contributed by atoms with E-state index in [2.05, 4.69) is 11.1 Å². The van der Waals surface area contributed by atoms with E-state index in [1.165, 1.54) is 5.56 Å². The quantitative estimate of drug-likeness (QED) is 0.354. The highest BCUT2D eigenvalue weighted by Crippen LogP contribution is 2.32. The normalized spacial score (nSPS) is 14.5. The van der Waals surface area contributed by atoms with Crippen LogP contribution < -0.4 is 4.74 Å². The van der Waals surface area contributed by atoms with E-state index in [1.54, 1.807) is 23.1 Å². The molecular formula is C28H29ClN2O4. The molecule has 0 aliphatic carbocycles. The Balaban J connectivity index is 1.42. The number of aldehydes is 1. The molecule has 0 unspecified atom stereocenters. The fourth-order valence-electron chi connectivity index (χ4n) is 4.10. The van der Waals surface area contributed by atoms with E-state index in [-0.39, 0.29) is 6.09 Å². The van der Waals surface area contributed by atoms with Crippen molar-refractivity contribution in [2.75, 3.05) is 13.1 Å². The van der Waals surface area contributed by atoms with Crippen molar-refractivity contribution in [3.8, 4) is 22.6 Å². The monoisotopic (exact) mass is 492 g/mol. The summed E-state index contributed by atoms with van der Waals surface area (Å²) in [5.41, 5.74) is 3.14. The maximum absolute atomic E-state index is 12.3. The molecular weight excluding hydrogens is 464 g/mol. The summed E-state index contributed by atoms with van der Waals surface area (Å²) >= 11 is 6.04. The summed E-state index contributed by atoms with van der Waals surface area (Å²) in [5.74, 6) is 1.37. The lowest BCUT2D eigenvalue weighted by Crippen LogP contribution is -2.41. The summed E-state index contributed by atoms with van der Waals surface area (Å²) in [6.45, 7) is 6.98.